The number of rotatable bonds is 4. The fourth-order valence-corrected chi connectivity index (χ4v) is 2.61. The van der Waals surface area contributed by atoms with Gasteiger partial charge < -0.3 is 0 Å². The maximum absolute atomic E-state index is 3.10. The number of hydrogen-bond acceptors (Lipinski definition) is 1. The summed E-state index contributed by atoms with van der Waals surface area (Å²) in [5.41, 5.74) is 0. The molecule has 1 heterocycles. The van der Waals surface area contributed by atoms with Crippen LogP contribution >= 0.6 is 11.3 Å². The highest BCUT2D eigenvalue weighted by Crippen LogP contribution is 2.20. The van der Waals surface area contributed by atoms with E-state index in [9.17, 15) is 0 Å². The van der Waals surface area contributed by atoms with Gasteiger partial charge in [-0.2, -0.15) is 0 Å². The first-order valence-corrected chi connectivity index (χ1v) is 6.01. The molecule has 1 rings (SSSR count). The van der Waals surface area contributed by atoms with E-state index in [1.807, 2.05) is 18.3 Å². The topological polar surface area (TPSA) is 0 Å². The lowest BCUT2D eigenvalue weighted by molar-refractivity contribution is 0.654. The number of hydrogen-bond donors (Lipinski definition) is 0. The molecular weight excluding hydrogens is 188 g/mol. The van der Waals surface area contributed by atoms with E-state index in [0.29, 0.717) is 0 Å². The summed E-state index contributed by atoms with van der Waals surface area (Å²) in [6.45, 7) is 6.43. The summed E-state index contributed by atoms with van der Waals surface area (Å²) in [6.07, 6.45) is 3.33. The van der Waals surface area contributed by atoms with Crippen LogP contribution in [0.3, 0.4) is 0 Å². The zero-order valence-electron chi connectivity index (χ0n) is 9.26. The van der Waals surface area contributed by atoms with Gasteiger partial charge >= 0.3 is 0 Å². The van der Waals surface area contributed by atoms with Crippen LogP contribution in [0.2, 0.25) is 0 Å². The first-order chi connectivity index (χ1) is 6.72. The summed E-state index contributed by atoms with van der Waals surface area (Å²) in [5.74, 6) is 6.80. The van der Waals surface area contributed by atoms with Crippen LogP contribution in [0.1, 0.15) is 36.9 Å². The zero-order chi connectivity index (χ0) is 10.4. The molecule has 0 saturated carbocycles. The maximum Gasteiger partial charge on any atom is 0.0137 e. The lowest BCUT2D eigenvalue weighted by Crippen LogP contribution is -1.89. The zero-order valence-corrected chi connectivity index (χ0v) is 10.1. The quantitative estimate of drug-likeness (QED) is 0.655. The Morgan fingerprint density at radius 2 is 2.00 bits per heavy atom. The second-order valence-electron chi connectivity index (χ2n) is 3.89. The highest BCUT2D eigenvalue weighted by atomic mass is 32.1. The molecule has 0 atom stereocenters. The second kappa shape index (κ2) is 5.88. The molecular formula is C13H18S. The van der Waals surface area contributed by atoms with Crippen LogP contribution in [-0.2, 0) is 12.8 Å². The predicted octanol–water partition coefficient (Wildman–Crippen LogP) is 3.90. The first kappa shape index (κ1) is 11.3. The maximum atomic E-state index is 3.10. The second-order valence-corrected chi connectivity index (χ2v) is 5.15. The Labute approximate surface area is 91.4 Å². The van der Waals surface area contributed by atoms with Crippen molar-refractivity contribution in [2.24, 2.45) is 5.92 Å². The molecule has 0 aliphatic rings. The standard InChI is InChI=1S/C13H18S/c1-4-5-6-7-12-8-9-13(14-12)10-11(2)3/h8-9,11H,6-7,10H2,1-3H3. The van der Waals surface area contributed by atoms with Crippen molar-refractivity contribution >= 4 is 11.3 Å². The minimum absolute atomic E-state index is 0.761. The van der Waals surface area contributed by atoms with Crippen molar-refractivity contribution in [2.75, 3.05) is 0 Å². The summed E-state index contributed by atoms with van der Waals surface area (Å²) in [4.78, 5) is 2.99. The van der Waals surface area contributed by atoms with Gasteiger partial charge in [-0.15, -0.1) is 23.2 Å². The average Bonchev–Trinajstić information content (AvgIpc) is 2.52. The van der Waals surface area contributed by atoms with E-state index in [1.54, 1.807) is 0 Å². The van der Waals surface area contributed by atoms with Crippen molar-refractivity contribution < 1.29 is 0 Å². The molecule has 0 unspecified atom stereocenters. The van der Waals surface area contributed by atoms with Crippen LogP contribution in [0.25, 0.3) is 0 Å². The van der Waals surface area contributed by atoms with Crippen molar-refractivity contribution in [1.29, 1.82) is 0 Å². The first-order valence-electron chi connectivity index (χ1n) is 5.19. The molecule has 0 aromatic carbocycles. The van der Waals surface area contributed by atoms with E-state index in [-0.39, 0.29) is 0 Å². The Morgan fingerprint density at radius 3 is 2.64 bits per heavy atom. The Bertz CT molecular complexity index is 322. The summed E-state index contributed by atoms with van der Waals surface area (Å²) in [6, 6.07) is 4.51. The molecule has 14 heavy (non-hydrogen) atoms. The monoisotopic (exact) mass is 206 g/mol. The van der Waals surface area contributed by atoms with E-state index in [4.69, 9.17) is 0 Å². The van der Waals surface area contributed by atoms with Crippen LogP contribution in [0.5, 0.6) is 0 Å². The van der Waals surface area contributed by atoms with E-state index in [0.717, 1.165) is 18.8 Å². The third-order valence-corrected chi connectivity index (χ3v) is 3.17. The number of aryl methyl sites for hydroxylation is 1. The molecule has 0 aliphatic carbocycles. The smallest absolute Gasteiger partial charge is 0.0137 e. The van der Waals surface area contributed by atoms with Crippen molar-refractivity contribution in [3.05, 3.63) is 21.9 Å². The molecule has 0 amide bonds. The SMILES string of the molecule is CC#CCCc1ccc(CC(C)C)s1. The Kier molecular flexibility index (Phi) is 4.76. The van der Waals surface area contributed by atoms with Gasteiger partial charge in [-0.3, -0.25) is 0 Å². The molecule has 0 saturated heterocycles. The third kappa shape index (κ3) is 3.98. The summed E-state index contributed by atoms with van der Waals surface area (Å²) in [7, 11) is 0. The Hall–Kier alpha value is -0.740. The molecule has 0 nitrogen and oxygen atoms in total. The van der Waals surface area contributed by atoms with Gasteiger partial charge in [0.15, 0.2) is 0 Å². The van der Waals surface area contributed by atoms with Gasteiger partial charge in [-0.25, -0.2) is 0 Å². The van der Waals surface area contributed by atoms with Gasteiger partial charge in [0, 0.05) is 16.2 Å². The van der Waals surface area contributed by atoms with Crippen molar-refractivity contribution in [2.45, 2.75) is 40.0 Å². The van der Waals surface area contributed by atoms with Gasteiger partial charge in [0.25, 0.3) is 0 Å². The van der Waals surface area contributed by atoms with Crippen LogP contribution in [0.4, 0.5) is 0 Å². The van der Waals surface area contributed by atoms with Crippen molar-refractivity contribution in [1.82, 2.24) is 0 Å². The van der Waals surface area contributed by atoms with E-state index in [2.05, 4.69) is 37.8 Å². The van der Waals surface area contributed by atoms with Crippen LogP contribution < -0.4 is 0 Å². The predicted molar refractivity (Wildman–Crippen MR) is 64.6 cm³/mol. The average molecular weight is 206 g/mol. The van der Waals surface area contributed by atoms with Gasteiger partial charge in [0.05, 0.1) is 0 Å². The molecule has 0 N–H and O–H groups in total. The fourth-order valence-electron chi connectivity index (χ4n) is 1.38. The van der Waals surface area contributed by atoms with E-state index in [1.165, 1.54) is 16.2 Å². The molecule has 1 aromatic heterocycles. The molecule has 0 fully saturated rings. The minimum Gasteiger partial charge on any atom is -0.145 e. The minimum atomic E-state index is 0.761. The number of thiophene rings is 1. The van der Waals surface area contributed by atoms with Gasteiger partial charge in [-0.05, 0) is 37.8 Å². The fraction of sp³-hybridized carbons (Fsp3) is 0.538. The lowest BCUT2D eigenvalue weighted by atomic mass is 10.1. The largest absolute Gasteiger partial charge is 0.145 e. The third-order valence-electron chi connectivity index (χ3n) is 2.00. The summed E-state index contributed by atoms with van der Waals surface area (Å²) < 4.78 is 0. The highest BCUT2D eigenvalue weighted by Gasteiger charge is 2.01. The Balaban J connectivity index is 2.45. The van der Waals surface area contributed by atoms with Crippen LogP contribution in [0, 0.1) is 17.8 Å². The Morgan fingerprint density at radius 1 is 1.29 bits per heavy atom. The lowest BCUT2D eigenvalue weighted by Gasteiger charge is -1.99. The van der Waals surface area contributed by atoms with E-state index < -0.39 is 0 Å². The van der Waals surface area contributed by atoms with Crippen molar-refractivity contribution in [3.8, 4) is 11.8 Å². The molecule has 0 spiro atoms. The molecule has 0 aliphatic heterocycles. The molecule has 1 heteroatoms. The molecule has 0 radical (unpaired) electrons. The van der Waals surface area contributed by atoms with Gasteiger partial charge in [0.2, 0.25) is 0 Å². The van der Waals surface area contributed by atoms with Gasteiger partial charge in [-0.1, -0.05) is 13.8 Å². The summed E-state index contributed by atoms with van der Waals surface area (Å²) >= 11 is 1.94. The van der Waals surface area contributed by atoms with Crippen LogP contribution in [-0.4, -0.2) is 0 Å². The van der Waals surface area contributed by atoms with E-state index >= 15 is 0 Å². The molecule has 1 aromatic rings. The van der Waals surface area contributed by atoms with Crippen LogP contribution in [0.15, 0.2) is 12.1 Å². The normalized spacial score (nSPS) is 10.0. The molecule has 0 bridgehead atoms. The molecule has 76 valence electrons. The van der Waals surface area contributed by atoms with Crippen molar-refractivity contribution in [3.63, 3.8) is 0 Å². The highest BCUT2D eigenvalue weighted by molar-refractivity contribution is 7.11. The van der Waals surface area contributed by atoms with Gasteiger partial charge in [0.1, 0.15) is 0 Å². The summed E-state index contributed by atoms with van der Waals surface area (Å²) in [5, 5.41) is 0.